The molecule has 1 N–H and O–H groups in total. The number of rotatable bonds is 5. The number of carboxylic acid groups (broad SMARTS) is 1. The molecule has 0 saturated heterocycles. The molecule has 0 bridgehead atoms. The van der Waals surface area contributed by atoms with E-state index in [1.165, 1.54) is 55.7 Å². The maximum atomic E-state index is 10.9. The molecule has 2 aromatic rings. The van der Waals surface area contributed by atoms with E-state index in [-0.39, 0.29) is 16.8 Å². The number of carbonyl (C=O) groups is 1. The number of nitrogens with zero attached hydrogens (tertiary/aromatic N) is 2. The van der Waals surface area contributed by atoms with Gasteiger partial charge in [0.15, 0.2) is 0 Å². The molecule has 0 aliphatic rings. The average Bonchev–Trinajstić information content (AvgIpc) is 2.59. The first-order chi connectivity index (χ1) is 11.5. The van der Waals surface area contributed by atoms with Gasteiger partial charge in [0.25, 0.3) is 5.69 Å². The number of aromatic carboxylic acids is 1. The molecule has 0 aliphatic carbocycles. The summed E-state index contributed by atoms with van der Waals surface area (Å²) in [5.74, 6) is -0.681. The van der Waals surface area contributed by atoms with E-state index in [1.54, 1.807) is 0 Å². The molecule has 7 heteroatoms. The molecule has 2 rings (SSSR count). The molecule has 7 nitrogen and oxygen atoms in total. The van der Waals surface area contributed by atoms with Crippen LogP contribution in [0.3, 0.4) is 0 Å². The predicted molar refractivity (Wildman–Crippen MR) is 86.5 cm³/mol. The minimum absolute atomic E-state index is 0.101. The summed E-state index contributed by atoms with van der Waals surface area (Å²) in [5, 5.41) is 29.2. The topological polar surface area (TPSA) is 113 Å². The minimum Gasteiger partial charge on any atom is -0.496 e. The number of hydrogen-bond acceptors (Lipinski definition) is 5. The maximum absolute atomic E-state index is 10.9. The van der Waals surface area contributed by atoms with Crippen molar-refractivity contribution in [3.05, 3.63) is 69.3 Å². The van der Waals surface area contributed by atoms with E-state index in [0.717, 1.165) is 0 Å². The fraction of sp³-hybridized carbons (Fsp3) is 0.0588. The van der Waals surface area contributed by atoms with Crippen molar-refractivity contribution in [3.63, 3.8) is 0 Å². The molecule has 24 heavy (non-hydrogen) atoms. The van der Waals surface area contributed by atoms with Gasteiger partial charge >= 0.3 is 5.97 Å². The predicted octanol–water partition coefficient (Wildman–Crippen LogP) is 3.37. The van der Waals surface area contributed by atoms with Gasteiger partial charge < -0.3 is 9.84 Å². The summed E-state index contributed by atoms with van der Waals surface area (Å²) in [5.41, 5.74) is 1.08. The van der Waals surface area contributed by atoms with Crippen LogP contribution in [-0.2, 0) is 0 Å². The normalized spacial score (nSPS) is 10.8. The Balaban J connectivity index is 2.50. The molecule has 0 spiro atoms. The van der Waals surface area contributed by atoms with Crippen LogP contribution in [0, 0.1) is 21.4 Å². The minimum atomic E-state index is -1.07. The number of carboxylic acids is 1. The third kappa shape index (κ3) is 3.56. The second-order valence-corrected chi connectivity index (χ2v) is 4.74. The van der Waals surface area contributed by atoms with E-state index in [2.05, 4.69) is 0 Å². The van der Waals surface area contributed by atoms with Gasteiger partial charge in [0, 0.05) is 17.7 Å². The van der Waals surface area contributed by atoms with Crippen LogP contribution >= 0.6 is 0 Å². The second kappa shape index (κ2) is 7.07. The van der Waals surface area contributed by atoms with E-state index in [9.17, 15) is 20.2 Å². The van der Waals surface area contributed by atoms with Crippen molar-refractivity contribution in [3.8, 4) is 11.8 Å². The average molecular weight is 324 g/mol. The summed E-state index contributed by atoms with van der Waals surface area (Å²) in [6, 6.07) is 11.8. The third-order valence-corrected chi connectivity index (χ3v) is 3.29. The number of nitro groups is 1. The van der Waals surface area contributed by atoms with Crippen LogP contribution in [0.25, 0.3) is 11.6 Å². The van der Waals surface area contributed by atoms with Gasteiger partial charge in [-0.05, 0) is 29.8 Å². The Bertz CT molecular complexity index is 864. The Hall–Kier alpha value is -3.66. The SMILES string of the molecule is COc1ccc([N+](=O)[O-])cc1/C=C(/C#N)c1ccc(C(=O)O)cc1. The molecule has 0 aliphatic heterocycles. The van der Waals surface area contributed by atoms with Crippen LogP contribution in [0.2, 0.25) is 0 Å². The summed E-state index contributed by atoms with van der Waals surface area (Å²) < 4.78 is 5.16. The van der Waals surface area contributed by atoms with Gasteiger partial charge in [-0.3, -0.25) is 10.1 Å². The lowest BCUT2D eigenvalue weighted by molar-refractivity contribution is -0.384. The number of nitro benzene ring substituents is 1. The van der Waals surface area contributed by atoms with Crippen LogP contribution < -0.4 is 4.74 Å². The Morgan fingerprint density at radius 3 is 2.38 bits per heavy atom. The van der Waals surface area contributed by atoms with Gasteiger partial charge in [0.05, 0.1) is 29.2 Å². The molecule has 0 saturated carbocycles. The molecular formula is C17H12N2O5. The summed E-state index contributed by atoms with van der Waals surface area (Å²) >= 11 is 0. The molecule has 2 aromatic carbocycles. The molecule has 0 amide bonds. The van der Waals surface area contributed by atoms with Gasteiger partial charge in [-0.15, -0.1) is 0 Å². The third-order valence-electron chi connectivity index (χ3n) is 3.29. The molecule has 120 valence electrons. The molecule has 0 radical (unpaired) electrons. The molecule has 0 aromatic heterocycles. The maximum Gasteiger partial charge on any atom is 0.335 e. The molecule has 0 unspecified atom stereocenters. The summed E-state index contributed by atoms with van der Waals surface area (Å²) in [6.45, 7) is 0. The van der Waals surface area contributed by atoms with Crippen LogP contribution in [0.5, 0.6) is 5.75 Å². The number of benzene rings is 2. The van der Waals surface area contributed by atoms with Gasteiger partial charge in [0.1, 0.15) is 5.75 Å². The van der Waals surface area contributed by atoms with Crippen LogP contribution in [0.15, 0.2) is 42.5 Å². The Morgan fingerprint density at radius 2 is 1.88 bits per heavy atom. The highest BCUT2D eigenvalue weighted by molar-refractivity contribution is 5.93. The van der Waals surface area contributed by atoms with E-state index in [4.69, 9.17) is 9.84 Å². The van der Waals surface area contributed by atoms with Crippen molar-refractivity contribution < 1.29 is 19.6 Å². The summed E-state index contributed by atoms with van der Waals surface area (Å²) in [4.78, 5) is 21.2. The number of allylic oxidation sites excluding steroid dienone is 1. The van der Waals surface area contributed by atoms with Crippen LogP contribution in [0.1, 0.15) is 21.5 Å². The quantitative estimate of drug-likeness (QED) is 0.390. The lowest BCUT2D eigenvalue weighted by Gasteiger charge is -2.06. The van der Waals surface area contributed by atoms with E-state index < -0.39 is 10.9 Å². The molecular weight excluding hydrogens is 312 g/mol. The summed E-state index contributed by atoms with van der Waals surface area (Å²) in [6.07, 6.45) is 1.46. The van der Waals surface area contributed by atoms with Crippen molar-refractivity contribution in [2.75, 3.05) is 7.11 Å². The Kier molecular flexibility index (Phi) is 4.92. The number of hydrogen-bond donors (Lipinski definition) is 1. The van der Waals surface area contributed by atoms with Crippen molar-refractivity contribution >= 4 is 23.3 Å². The molecule has 0 heterocycles. The van der Waals surface area contributed by atoms with Crippen molar-refractivity contribution in [2.24, 2.45) is 0 Å². The van der Waals surface area contributed by atoms with Gasteiger partial charge in [-0.2, -0.15) is 5.26 Å². The van der Waals surface area contributed by atoms with Crippen LogP contribution in [-0.4, -0.2) is 23.1 Å². The lowest BCUT2D eigenvalue weighted by Crippen LogP contribution is -1.96. The highest BCUT2D eigenvalue weighted by Crippen LogP contribution is 2.28. The van der Waals surface area contributed by atoms with Gasteiger partial charge in [-0.25, -0.2) is 4.79 Å². The first-order valence-electron chi connectivity index (χ1n) is 6.74. The summed E-state index contributed by atoms with van der Waals surface area (Å²) in [7, 11) is 1.42. The van der Waals surface area contributed by atoms with Crippen molar-refractivity contribution in [1.82, 2.24) is 0 Å². The smallest absolute Gasteiger partial charge is 0.335 e. The zero-order valence-corrected chi connectivity index (χ0v) is 12.6. The van der Waals surface area contributed by atoms with E-state index in [1.807, 2.05) is 6.07 Å². The Morgan fingerprint density at radius 1 is 1.25 bits per heavy atom. The fourth-order valence-corrected chi connectivity index (χ4v) is 2.08. The standard InChI is InChI=1S/C17H12N2O5/c1-24-16-7-6-15(19(22)23)9-13(16)8-14(10-18)11-2-4-12(5-3-11)17(20)21/h2-9H,1H3,(H,20,21)/b14-8-. The highest BCUT2D eigenvalue weighted by atomic mass is 16.6. The second-order valence-electron chi connectivity index (χ2n) is 4.74. The Labute approximate surface area is 137 Å². The van der Waals surface area contributed by atoms with Gasteiger partial charge in [-0.1, -0.05) is 12.1 Å². The van der Waals surface area contributed by atoms with Crippen LogP contribution in [0.4, 0.5) is 5.69 Å². The number of methoxy groups -OCH3 is 1. The first kappa shape index (κ1) is 16.7. The number of nitriles is 1. The zero-order valence-electron chi connectivity index (χ0n) is 12.6. The van der Waals surface area contributed by atoms with E-state index >= 15 is 0 Å². The molecule has 0 atom stereocenters. The van der Waals surface area contributed by atoms with Crippen molar-refractivity contribution in [1.29, 1.82) is 5.26 Å². The first-order valence-corrected chi connectivity index (χ1v) is 6.74. The highest BCUT2D eigenvalue weighted by Gasteiger charge is 2.12. The van der Waals surface area contributed by atoms with Gasteiger partial charge in [0.2, 0.25) is 0 Å². The number of non-ortho nitro benzene ring substituents is 1. The largest absolute Gasteiger partial charge is 0.496 e. The monoisotopic (exact) mass is 324 g/mol. The zero-order chi connectivity index (χ0) is 17.7. The lowest BCUT2D eigenvalue weighted by atomic mass is 10.0. The molecule has 0 fully saturated rings. The number of ether oxygens (including phenoxy) is 1. The fourth-order valence-electron chi connectivity index (χ4n) is 2.08. The van der Waals surface area contributed by atoms with E-state index in [0.29, 0.717) is 16.9 Å². The van der Waals surface area contributed by atoms with Crippen molar-refractivity contribution in [2.45, 2.75) is 0 Å².